The Morgan fingerprint density at radius 2 is 1.71 bits per heavy atom. The number of carbonyl (C=O) groups excluding carboxylic acids is 2. The summed E-state index contributed by atoms with van der Waals surface area (Å²) in [6, 6.07) is 14.0. The standard InChI is InChI=1S/C23H25Cl2N3O3/c1-3-4-13-31-22(30)23(2)15-28(27-21(23)16-5-7-17(24)8-6-16)14-20(29)26-19-11-9-18(25)10-12-19/h5-12H,3-4,13-15H2,1-2H3,(H,26,29). The quantitative estimate of drug-likeness (QED) is 0.443. The summed E-state index contributed by atoms with van der Waals surface area (Å²) in [5.74, 6) is -0.597. The second-order valence-electron chi connectivity index (χ2n) is 7.65. The number of halogens is 2. The van der Waals surface area contributed by atoms with Crippen LogP contribution < -0.4 is 5.32 Å². The van der Waals surface area contributed by atoms with Crippen molar-refractivity contribution in [2.75, 3.05) is 25.0 Å². The van der Waals surface area contributed by atoms with E-state index in [1.807, 2.05) is 19.1 Å². The van der Waals surface area contributed by atoms with E-state index >= 15 is 0 Å². The van der Waals surface area contributed by atoms with Crippen molar-refractivity contribution in [1.82, 2.24) is 5.01 Å². The van der Waals surface area contributed by atoms with Gasteiger partial charge in [0.05, 0.1) is 18.9 Å². The second kappa shape index (κ2) is 10.2. The molecule has 0 spiro atoms. The van der Waals surface area contributed by atoms with E-state index in [1.54, 1.807) is 48.3 Å². The Bertz CT molecular complexity index is 961. The summed E-state index contributed by atoms with van der Waals surface area (Å²) in [5, 5.41) is 10.2. The van der Waals surface area contributed by atoms with Crippen LogP contribution in [0.4, 0.5) is 5.69 Å². The lowest BCUT2D eigenvalue weighted by Gasteiger charge is -2.24. The summed E-state index contributed by atoms with van der Waals surface area (Å²) >= 11 is 11.9. The van der Waals surface area contributed by atoms with Gasteiger partial charge < -0.3 is 10.1 Å². The molecule has 0 radical (unpaired) electrons. The van der Waals surface area contributed by atoms with Crippen molar-refractivity contribution in [3.05, 3.63) is 64.1 Å². The van der Waals surface area contributed by atoms with Gasteiger partial charge in [-0.15, -0.1) is 0 Å². The molecule has 6 nitrogen and oxygen atoms in total. The summed E-state index contributed by atoms with van der Waals surface area (Å²) in [5.41, 5.74) is 0.962. The minimum atomic E-state index is -0.998. The molecule has 1 aliphatic heterocycles. The van der Waals surface area contributed by atoms with E-state index in [2.05, 4.69) is 10.4 Å². The van der Waals surface area contributed by atoms with Crippen LogP contribution in [0, 0.1) is 5.41 Å². The average molecular weight is 462 g/mol. The maximum absolute atomic E-state index is 13.0. The lowest BCUT2D eigenvalue weighted by molar-refractivity contribution is -0.151. The van der Waals surface area contributed by atoms with E-state index < -0.39 is 5.41 Å². The van der Waals surface area contributed by atoms with E-state index in [4.69, 9.17) is 27.9 Å². The number of carbonyl (C=O) groups is 2. The number of benzene rings is 2. The van der Waals surface area contributed by atoms with Gasteiger partial charge in [0, 0.05) is 15.7 Å². The molecule has 0 fully saturated rings. The summed E-state index contributed by atoms with van der Waals surface area (Å²) in [4.78, 5) is 25.5. The number of nitrogens with one attached hydrogen (secondary N) is 1. The van der Waals surface area contributed by atoms with Gasteiger partial charge in [0.25, 0.3) is 0 Å². The lowest BCUT2D eigenvalue weighted by atomic mass is 9.82. The highest BCUT2D eigenvalue weighted by Gasteiger charge is 2.47. The van der Waals surface area contributed by atoms with Crippen LogP contribution in [0.3, 0.4) is 0 Å². The first-order valence-corrected chi connectivity index (χ1v) is 10.9. The zero-order valence-electron chi connectivity index (χ0n) is 17.5. The van der Waals surface area contributed by atoms with E-state index in [0.717, 1.165) is 18.4 Å². The number of hydrogen-bond donors (Lipinski definition) is 1. The highest BCUT2D eigenvalue weighted by molar-refractivity contribution is 6.31. The van der Waals surface area contributed by atoms with Gasteiger partial charge in [0.15, 0.2) is 0 Å². The molecule has 1 atom stereocenters. The lowest BCUT2D eigenvalue weighted by Crippen LogP contribution is -2.42. The van der Waals surface area contributed by atoms with Crippen molar-refractivity contribution in [2.45, 2.75) is 26.7 Å². The van der Waals surface area contributed by atoms with Crippen LogP contribution in [0.5, 0.6) is 0 Å². The number of hydrogen-bond acceptors (Lipinski definition) is 5. The fourth-order valence-electron chi connectivity index (χ4n) is 3.33. The number of nitrogens with zero attached hydrogens (tertiary/aromatic N) is 2. The Labute approximate surface area is 192 Å². The first kappa shape index (κ1) is 23.1. The van der Waals surface area contributed by atoms with Crippen molar-refractivity contribution in [3.63, 3.8) is 0 Å². The Hall–Kier alpha value is -2.57. The van der Waals surface area contributed by atoms with Crippen LogP contribution in [0.2, 0.25) is 10.0 Å². The number of hydrazone groups is 1. The third-order valence-corrected chi connectivity index (χ3v) is 5.52. The summed E-state index contributed by atoms with van der Waals surface area (Å²) < 4.78 is 5.52. The summed E-state index contributed by atoms with van der Waals surface area (Å²) in [6.07, 6.45) is 1.72. The van der Waals surface area contributed by atoms with Crippen molar-refractivity contribution in [2.24, 2.45) is 10.5 Å². The van der Waals surface area contributed by atoms with Gasteiger partial charge in [-0.25, -0.2) is 0 Å². The number of unbranched alkanes of at least 4 members (excludes halogenated alkanes) is 1. The van der Waals surface area contributed by atoms with Crippen molar-refractivity contribution in [3.8, 4) is 0 Å². The molecule has 0 saturated heterocycles. The summed E-state index contributed by atoms with van der Waals surface area (Å²) in [7, 11) is 0. The molecule has 1 N–H and O–H groups in total. The highest BCUT2D eigenvalue weighted by Crippen LogP contribution is 2.33. The van der Waals surface area contributed by atoms with Gasteiger partial charge >= 0.3 is 5.97 Å². The predicted octanol–water partition coefficient (Wildman–Crippen LogP) is 5.00. The monoisotopic (exact) mass is 461 g/mol. The molecule has 2 aromatic carbocycles. The third-order valence-electron chi connectivity index (χ3n) is 5.02. The SMILES string of the molecule is CCCCOC(=O)C1(C)CN(CC(=O)Nc2ccc(Cl)cc2)N=C1c1ccc(Cl)cc1. The van der Waals surface area contributed by atoms with Gasteiger partial charge in [0.2, 0.25) is 5.91 Å². The zero-order chi connectivity index (χ0) is 22.4. The molecule has 0 aromatic heterocycles. The van der Waals surface area contributed by atoms with E-state index in [-0.39, 0.29) is 25.0 Å². The smallest absolute Gasteiger partial charge is 0.319 e. The van der Waals surface area contributed by atoms with Crippen LogP contribution >= 0.6 is 23.2 Å². The van der Waals surface area contributed by atoms with Crippen LogP contribution in [0.1, 0.15) is 32.3 Å². The number of ether oxygens (including phenoxy) is 1. The Kier molecular flexibility index (Phi) is 7.57. The van der Waals surface area contributed by atoms with Crippen molar-refractivity contribution < 1.29 is 14.3 Å². The van der Waals surface area contributed by atoms with Gasteiger partial charge in [-0.05, 0) is 55.3 Å². The van der Waals surface area contributed by atoms with Crippen molar-refractivity contribution in [1.29, 1.82) is 0 Å². The number of esters is 1. The van der Waals surface area contributed by atoms with E-state index in [0.29, 0.717) is 28.1 Å². The largest absolute Gasteiger partial charge is 0.465 e. The summed E-state index contributed by atoms with van der Waals surface area (Å²) in [6.45, 7) is 4.43. The van der Waals surface area contributed by atoms with Crippen LogP contribution in [0.15, 0.2) is 53.6 Å². The molecule has 1 heterocycles. The molecule has 1 aliphatic rings. The average Bonchev–Trinajstić information content (AvgIpc) is 3.07. The maximum Gasteiger partial charge on any atom is 0.319 e. The van der Waals surface area contributed by atoms with Crippen LogP contribution in [-0.4, -0.2) is 42.3 Å². The second-order valence-corrected chi connectivity index (χ2v) is 8.53. The molecule has 31 heavy (non-hydrogen) atoms. The molecule has 8 heteroatoms. The molecule has 0 aliphatic carbocycles. The molecule has 1 unspecified atom stereocenters. The maximum atomic E-state index is 13.0. The topological polar surface area (TPSA) is 71.0 Å². The van der Waals surface area contributed by atoms with Crippen LogP contribution in [0.25, 0.3) is 0 Å². The Balaban J connectivity index is 1.78. The molecular weight excluding hydrogens is 437 g/mol. The minimum Gasteiger partial charge on any atom is -0.465 e. The minimum absolute atomic E-state index is 0.00243. The Morgan fingerprint density at radius 1 is 1.10 bits per heavy atom. The predicted molar refractivity (Wildman–Crippen MR) is 124 cm³/mol. The molecule has 0 bridgehead atoms. The van der Waals surface area contributed by atoms with Gasteiger partial charge in [-0.1, -0.05) is 48.7 Å². The Morgan fingerprint density at radius 3 is 2.32 bits per heavy atom. The fourth-order valence-corrected chi connectivity index (χ4v) is 3.58. The molecular formula is C23H25Cl2N3O3. The molecule has 164 valence electrons. The van der Waals surface area contributed by atoms with Gasteiger partial charge in [-0.2, -0.15) is 5.10 Å². The normalized spacial score (nSPS) is 17.9. The fraction of sp³-hybridized carbons (Fsp3) is 0.348. The molecule has 1 amide bonds. The van der Waals surface area contributed by atoms with Gasteiger partial charge in [0.1, 0.15) is 12.0 Å². The van der Waals surface area contributed by atoms with E-state index in [1.165, 1.54) is 0 Å². The first-order valence-electron chi connectivity index (χ1n) is 10.1. The zero-order valence-corrected chi connectivity index (χ0v) is 19.0. The van der Waals surface area contributed by atoms with Crippen LogP contribution in [-0.2, 0) is 14.3 Å². The highest BCUT2D eigenvalue weighted by atomic mass is 35.5. The van der Waals surface area contributed by atoms with Crippen molar-refractivity contribution >= 4 is 46.5 Å². The molecule has 0 saturated carbocycles. The number of rotatable bonds is 8. The number of amides is 1. The van der Waals surface area contributed by atoms with Gasteiger partial charge in [-0.3, -0.25) is 14.6 Å². The molecule has 3 rings (SSSR count). The number of anilines is 1. The third kappa shape index (κ3) is 5.77. The van der Waals surface area contributed by atoms with E-state index in [9.17, 15) is 9.59 Å². The first-order chi connectivity index (χ1) is 14.8. The molecule has 2 aromatic rings.